The zero-order chi connectivity index (χ0) is 11.3. The molecule has 0 atom stereocenters. The molecule has 0 unspecified atom stereocenters. The molecule has 0 aromatic heterocycles. The lowest BCUT2D eigenvalue weighted by atomic mass is 10.1. The van der Waals surface area contributed by atoms with Gasteiger partial charge < -0.3 is 11.1 Å². The molecule has 0 fully saturated rings. The van der Waals surface area contributed by atoms with E-state index >= 15 is 0 Å². The Morgan fingerprint density at radius 1 is 1.40 bits per heavy atom. The van der Waals surface area contributed by atoms with Crippen molar-refractivity contribution in [2.24, 2.45) is 5.73 Å². The predicted octanol–water partition coefficient (Wildman–Crippen LogP) is 1.14. The third-order valence-corrected chi connectivity index (χ3v) is 1.90. The molecule has 0 bridgehead atoms. The van der Waals surface area contributed by atoms with E-state index in [2.05, 4.69) is 5.32 Å². The molecule has 3 N–H and O–H groups in total. The Morgan fingerprint density at radius 2 is 2.07 bits per heavy atom. The second-order valence-electron chi connectivity index (χ2n) is 3.04. The molecule has 0 aliphatic carbocycles. The summed E-state index contributed by atoms with van der Waals surface area (Å²) in [6, 6.07) is 6.66. The molecule has 1 amide bonds. The predicted molar refractivity (Wildman–Crippen MR) is 52.7 cm³/mol. The van der Waals surface area contributed by atoms with Crippen LogP contribution in [-0.2, 0) is 6.54 Å². The minimum Gasteiger partial charge on any atom is -0.366 e. The Kier molecular flexibility index (Phi) is 4.17. The van der Waals surface area contributed by atoms with Gasteiger partial charge in [-0.3, -0.25) is 4.79 Å². The summed E-state index contributed by atoms with van der Waals surface area (Å²) < 4.78 is 23.7. The van der Waals surface area contributed by atoms with Crippen molar-refractivity contribution in [3.63, 3.8) is 0 Å². The van der Waals surface area contributed by atoms with E-state index in [9.17, 15) is 13.6 Å². The van der Waals surface area contributed by atoms with Crippen molar-refractivity contribution in [2.45, 2.75) is 13.0 Å². The van der Waals surface area contributed by atoms with Gasteiger partial charge in [0.15, 0.2) is 0 Å². The summed E-state index contributed by atoms with van der Waals surface area (Å²) in [4.78, 5) is 11.0. The van der Waals surface area contributed by atoms with Crippen LogP contribution in [0.5, 0.6) is 0 Å². The fraction of sp³-hybridized carbons (Fsp3) is 0.300. The summed E-state index contributed by atoms with van der Waals surface area (Å²) in [5, 5.41) is 2.54. The van der Waals surface area contributed by atoms with Crippen molar-refractivity contribution in [1.82, 2.24) is 5.32 Å². The minimum absolute atomic E-state index is 0.212. The maximum Gasteiger partial charge on any atom is 0.250 e. The zero-order valence-electron chi connectivity index (χ0n) is 8.04. The number of primary amides is 1. The third-order valence-electron chi connectivity index (χ3n) is 1.90. The van der Waals surface area contributed by atoms with Crippen molar-refractivity contribution < 1.29 is 13.6 Å². The molecule has 82 valence electrons. The summed E-state index contributed by atoms with van der Waals surface area (Å²) in [7, 11) is 0. The van der Waals surface area contributed by atoms with Gasteiger partial charge in [0.05, 0.1) is 6.54 Å². The Balaban J connectivity index is 2.63. The van der Waals surface area contributed by atoms with E-state index in [1.54, 1.807) is 24.3 Å². The van der Waals surface area contributed by atoms with Gasteiger partial charge in [-0.25, -0.2) is 8.78 Å². The van der Waals surface area contributed by atoms with E-state index < -0.39 is 18.9 Å². The number of rotatable bonds is 5. The average Bonchev–Trinajstić information content (AvgIpc) is 2.17. The number of alkyl halides is 2. The van der Waals surface area contributed by atoms with E-state index in [0.29, 0.717) is 11.1 Å². The van der Waals surface area contributed by atoms with E-state index in [1.807, 2.05) is 0 Å². The highest BCUT2D eigenvalue weighted by Gasteiger charge is 2.07. The standard InChI is InChI=1S/C10H12F2N2O/c11-9(12)6-14-5-7-3-1-2-4-8(7)10(13)15/h1-4,9,14H,5-6H2,(H2,13,15). The Labute approximate surface area is 86.3 Å². The van der Waals surface area contributed by atoms with Crippen LogP contribution in [0.2, 0.25) is 0 Å². The number of amides is 1. The number of benzene rings is 1. The molecule has 0 saturated heterocycles. The highest BCUT2D eigenvalue weighted by molar-refractivity contribution is 5.94. The van der Waals surface area contributed by atoms with Crippen molar-refractivity contribution in [3.05, 3.63) is 35.4 Å². The first-order chi connectivity index (χ1) is 7.11. The molecule has 0 aliphatic heterocycles. The molecular formula is C10H12F2N2O. The molecule has 0 spiro atoms. The van der Waals surface area contributed by atoms with Gasteiger partial charge >= 0.3 is 0 Å². The topological polar surface area (TPSA) is 55.1 Å². The van der Waals surface area contributed by atoms with Gasteiger partial charge in [-0.05, 0) is 11.6 Å². The van der Waals surface area contributed by atoms with Gasteiger partial charge in [-0.2, -0.15) is 0 Å². The molecule has 15 heavy (non-hydrogen) atoms. The Morgan fingerprint density at radius 3 is 2.67 bits per heavy atom. The van der Waals surface area contributed by atoms with Crippen LogP contribution < -0.4 is 11.1 Å². The van der Waals surface area contributed by atoms with Crippen LogP contribution in [0.25, 0.3) is 0 Å². The number of halogens is 2. The summed E-state index contributed by atoms with van der Waals surface area (Å²) in [6.45, 7) is -0.184. The first kappa shape index (κ1) is 11.6. The number of hydrogen-bond acceptors (Lipinski definition) is 2. The lowest BCUT2D eigenvalue weighted by molar-refractivity contribution is 0.0999. The molecule has 5 heteroatoms. The summed E-state index contributed by atoms with van der Waals surface area (Å²) in [5.41, 5.74) is 6.12. The first-order valence-corrected chi connectivity index (χ1v) is 4.48. The maximum absolute atomic E-state index is 11.8. The van der Waals surface area contributed by atoms with Crippen LogP contribution >= 0.6 is 0 Å². The van der Waals surface area contributed by atoms with E-state index in [-0.39, 0.29) is 6.54 Å². The summed E-state index contributed by atoms with van der Waals surface area (Å²) >= 11 is 0. The highest BCUT2D eigenvalue weighted by atomic mass is 19.3. The molecule has 3 nitrogen and oxygen atoms in total. The van der Waals surface area contributed by atoms with E-state index in [0.717, 1.165) is 0 Å². The maximum atomic E-state index is 11.8. The molecule has 1 aromatic carbocycles. The number of nitrogens with one attached hydrogen (secondary N) is 1. The first-order valence-electron chi connectivity index (χ1n) is 4.48. The number of carbonyl (C=O) groups is 1. The third kappa shape index (κ3) is 3.63. The quantitative estimate of drug-likeness (QED) is 0.772. The second-order valence-corrected chi connectivity index (χ2v) is 3.04. The van der Waals surface area contributed by atoms with Crippen molar-refractivity contribution in [1.29, 1.82) is 0 Å². The lowest BCUT2D eigenvalue weighted by Crippen LogP contribution is -2.23. The van der Waals surface area contributed by atoms with Crippen molar-refractivity contribution >= 4 is 5.91 Å². The normalized spacial score (nSPS) is 10.6. The molecule has 0 heterocycles. The molecule has 0 saturated carbocycles. The molecule has 0 radical (unpaired) electrons. The molecule has 0 aliphatic rings. The fourth-order valence-corrected chi connectivity index (χ4v) is 1.23. The fourth-order valence-electron chi connectivity index (χ4n) is 1.23. The number of nitrogens with two attached hydrogens (primary N) is 1. The molecule has 1 rings (SSSR count). The van der Waals surface area contributed by atoms with Gasteiger partial charge in [0.2, 0.25) is 5.91 Å². The van der Waals surface area contributed by atoms with Crippen molar-refractivity contribution in [2.75, 3.05) is 6.54 Å². The average molecular weight is 214 g/mol. The largest absolute Gasteiger partial charge is 0.366 e. The number of hydrogen-bond donors (Lipinski definition) is 2. The van der Waals surface area contributed by atoms with Crippen molar-refractivity contribution in [3.8, 4) is 0 Å². The van der Waals surface area contributed by atoms with E-state index in [1.165, 1.54) is 0 Å². The smallest absolute Gasteiger partial charge is 0.250 e. The van der Waals surface area contributed by atoms with E-state index in [4.69, 9.17) is 5.73 Å². The summed E-state index contributed by atoms with van der Waals surface area (Å²) in [6.07, 6.45) is -2.40. The van der Waals surface area contributed by atoms with Crippen LogP contribution in [0.15, 0.2) is 24.3 Å². The molecule has 1 aromatic rings. The SMILES string of the molecule is NC(=O)c1ccccc1CNCC(F)F. The summed E-state index contributed by atoms with van der Waals surface area (Å²) in [5.74, 6) is -0.551. The monoisotopic (exact) mass is 214 g/mol. The van der Waals surface area contributed by atoms with Gasteiger partial charge in [0.1, 0.15) is 0 Å². The van der Waals surface area contributed by atoms with Crippen LogP contribution in [0.1, 0.15) is 15.9 Å². The molecular weight excluding hydrogens is 202 g/mol. The van der Waals surface area contributed by atoms with Crippen LogP contribution in [0, 0.1) is 0 Å². The second kappa shape index (κ2) is 5.41. The van der Waals surface area contributed by atoms with Crippen LogP contribution in [0.4, 0.5) is 8.78 Å². The van der Waals surface area contributed by atoms with Gasteiger partial charge in [-0.1, -0.05) is 18.2 Å². The van der Waals surface area contributed by atoms with Gasteiger partial charge in [0.25, 0.3) is 6.43 Å². The Bertz CT molecular complexity index is 342. The minimum atomic E-state index is -2.40. The highest BCUT2D eigenvalue weighted by Crippen LogP contribution is 2.07. The van der Waals surface area contributed by atoms with Gasteiger partial charge in [0, 0.05) is 12.1 Å². The lowest BCUT2D eigenvalue weighted by Gasteiger charge is -2.07. The zero-order valence-corrected chi connectivity index (χ0v) is 8.04. The number of carbonyl (C=O) groups excluding carboxylic acids is 1. The Hall–Kier alpha value is -1.49. The van der Waals surface area contributed by atoms with Gasteiger partial charge in [-0.15, -0.1) is 0 Å². The van der Waals surface area contributed by atoms with Crippen LogP contribution in [-0.4, -0.2) is 18.9 Å². The van der Waals surface area contributed by atoms with Crippen LogP contribution in [0.3, 0.4) is 0 Å².